The van der Waals surface area contributed by atoms with Crippen molar-refractivity contribution in [3.8, 4) is 33.6 Å². The van der Waals surface area contributed by atoms with Crippen molar-refractivity contribution in [2.45, 2.75) is 20.8 Å². The van der Waals surface area contributed by atoms with Crippen LogP contribution in [0, 0.1) is 20.8 Å². The van der Waals surface area contributed by atoms with Crippen LogP contribution < -0.4 is 0 Å². The highest BCUT2D eigenvalue weighted by Crippen LogP contribution is 2.39. The van der Waals surface area contributed by atoms with Crippen molar-refractivity contribution in [3.05, 3.63) is 168 Å². The molecule has 2 heteroatoms. The molecule has 0 saturated heterocycles. The van der Waals surface area contributed by atoms with E-state index in [0.717, 1.165) is 0 Å². The fourth-order valence-corrected chi connectivity index (χ4v) is 7.39. The average Bonchev–Trinajstić information content (AvgIpc) is 3.60. The smallest absolute Gasteiger partial charge is 0.0541 e. The average molecular weight is 603 g/mol. The summed E-state index contributed by atoms with van der Waals surface area (Å²) >= 11 is 0. The Bertz CT molecular complexity index is 2630. The highest BCUT2D eigenvalue weighted by molar-refractivity contribution is 6.13. The molecule has 224 valence electrons. The van der Waals surface area contributed by atoms with Crippen LogP contribution in [0.2, 0.25) is 0 Å². The molecule has 0 saturated carbocycles. The Kier molecular flexibility index (Phi) is 6.20. The van der Waals surface area contributed by atoms with Crippen LogP contribution in [0.25, 0.3) is 77.2 Å². The molecule has 0 fully saturated rings. The summed E-state index contributed by atoms with van der Waals surface area (Å²) in [6, 6.07) is 55.9. The van der Waals surface area contributed by atoms with Crippen molar-refractivity contribution in [1.82, 2.24) is 9.13 Å². The molecule has 0 aliphatic heterocycles. The predicted octanol–water partition coefficient (Wildman–Crippen LogP) is 12.1. The van der Waals surface area contributed by atoms with E-state index in [1.165, 1.54) is 93.9 Å². The predicted molar refractivity (Wildman–Crippen MR) is 200 cm³/mol. The third-order valence-electron chi connectivity index (χ3n) is 9.67. The van der Waals surface area contributed by atoms with Crippen molar-refractivity contribution in [3.63, 3.8) is 0 Å². The number of hydrogen-bond acceptors (Lipinski definition) is 0. The minimum atomic E-state index is 1.17. The molecule has 2 heterocycles. The van der Waals surface area contributed by atoms with E-state index in [1.54, 1.807) is 0 Å². The Balaban J connectivity index is 1.22. The number of rotatable bonds is 4. The summed E-state index contributed by atoms with van der Waals surface area (Å²) in [5, 5.41) is 5.11. The SMILES string of the molecule is Cc1cccc(-n2c3ccc(C)cc3c3cc(-c4ccc5c(c4)c4cc(C)ccc4n5-c4ccc(-c5ccccc5)cc4)ccc32)c1. The molecule has 0 aliphatic carbocycles. The van der Waals surface area contributed by atoms with E-state index >= 15 is 0 Å². The lowest BCUT2D eigenvalue weighted by Crippen LogP contribution is -1.94. The molecule has 2 aromatic heterocycles. The van der Waals surface area contributed by atoms with Gasteiger partial charge >= 0.3 is 0 Å². The first-order valence-electron chi connectivity index (χ1n) is 16.3. The zero-order valence-corrected chi connectivity index (χ0v) is 26.8. The fraction of sp³-hybridized carbons (Fsp3) is 0.0667. The molecule has 0 aliphatic rings. The second kappa shape index (κ2) is 10.6. The number of aryl methyl sites for hydroxylation is 3. The highest BCUT2D eigenvalue weighted by atomic mass is 15.0. The van der Waals surface area contributed by atoms with E-state index < -0.39 is 0 Å². The van der Waals surface area contributed by atoms with Crippen molar-refractivity contribution < 1.29 is 0 Å². The van der Waals surface area contributed by atoms with Crippen LogP contribution in [-0.4, -0.2) is 9.13 Å². The third-order valence-corrected chi connectivity index (χ3v) is 9.67. The number of hydrogen-bond donors (Lipinski definition) is 0. The summed E-state index contributed by atoms with van der Waals surface area (Å²) in [5.41, 5.74) is 16.0. The number of nitrogens with zero attached hydrogens (tertiary/aromatic N) is 2. The van der Waals surface area contributed by atoms with Gasteiger partial charge in [0.15, 0.2) is 0 Å². The fourth-order valence-electron chi connectivity index (χ4n) is 7.39. The molecule has 0 unspecified atom stereocenters. The van der Waals surface area contributed by atoms with Gasteiger partial charge in [0, 0.05) is 32.9 Å². The topological polar surface area (TPSA) is 9.86 Å². The van der Waals surface area contributed by atoms with Crippen LogP contribution in [0.3, 0.4) is 0 Å². The molecular formula is C45H34N2. The number of aromatic nitrogens is 2. The van der Waals surface area contributed by atoms with E-state index in [0.29, 0.717) is 0 Å². The maximum atomic E-state index is 2.41. The van der Waals surface area contributed by atoms with Gasteiger partial charge in [-0.25, -0.2) is 0 Å². The van der Waals surface area contributed by atoms with Gasteiger partial charge in [-0.2, -0.15) is 0 Å². The Morgan fingerprint density at radius 2 is 0.745 bits per heavy atom. The van der Waals surface area contributed by atoms with Gasteiger partial charge in [-0.1, -0.05) is 90.0 Å². The monoisotopic (exact) mass is 602 g/mol. The molecule has 0 bridgehead atoms. The zero-order chi connectivity index (χ0) is 31.6. The van der Waals surface area contributed by atoms with Gasteiger partial charge in [0.2, 0.25) is 0 Å². The first kappa shape index (κ1) is 27.5. The molecule has 9 rings (SSSR count). The van der Waals surface area contributed by atoms with Gasteiger partial charge in [-0.3, -0.25) is 0 Å². The van der Waals surface area contributed by atoms with Crippen molar-refractivity contribution >= 4 is 43.6 Å². The van der Waals surface area contributed by atoms with Gasteiger partial charge in [-0.15, -0.1) is 0 Å². The van der Waals surface area contributed by atoms with Crippen molar-refractivity contribution in [2.75, 3.05) is 0 Å². The summed E-state index contributed by atoms with van der Waals surface area (Å²) in [5.74, 6) is 0. The quantitative estimate of drug-likeness (QED) is 0.190. The van der Waals surface area contributed by atoms with E-state index in [-0.39, 0.29) is 0 Å². The van der Waals surface area contributed by atoms with Gasteiger partial charge in [0.05, 0.1) is 22.1 Å². The lowest BCUT2D eigenvalue weighted by molar-refractivity contribution is 1.17. The molecule has 0 spiro atoms. The molecule has 7 aromatic carbocycles. The standard InChI is InChI=1S/C45H34N2/c1-29-8-7-11-37(24-29)47-43-21-13-31(3)26-39(43)41-28-35(17-23-45(41)47)34-16-22-44-40(27-34)38-25-30(2)12-20-42(38)46(44)36-18-14-33(15-19-36)32-9-5-4-6-10-32/h4-28H,1-3H3. The normalized spacial score (nSPS) is 11.7. The van der Waals surface area contributed by atoms with Gasteiger partial charge < -0.3 is 9.13 Å². The van der Waals surface area contributed by atoms with Crippen molar-refractivity contribution in [2.24, 2.45) is 0 Å². The Labute approximate surface area is 274 Å². The minimum Gasteiger partial charge on any atom is -0.309 e. The highest BCUT2D eigenvalue weighted by Gasteiger charge is 2.17. The molecular weight excluding hydrogens is 569 g/mol. The Hall–Kier alpha value is -5.86. The Morgan fingerprint density at radius 1 is 0.298 bits per heavy atom. The molecule has 0 radical (unpaired) electrons. The lowest BCUT2D eigenvalue weighted by atomic mass is 10.00. The summed E-state index contributed by atoms with van der Waals surface area (Å²) in [7, 11) is 0. The number of fused-ring (bicyclic) bond motifs is 6. The van der Waals surface area contributed by atoms with Crippen LogP contribution >= 0.6 is 0 Å². The summed E-state index contributed by atoms with van der Waals surface area (Å²) in [6.45, 7) is 6.52. The second-order valence-electron chi connectivity index (χ2n) is 12.9. The van der Waals surface area contributed by atoms with Gasteiger partial charge in [0.25, 0.3) is 0 Å². The first-order valence-corrected chi connectivity index (χ1v) is 16.3. The molecule has 47 heavy (non-hydrogen) atoms. The van der Waals surface area contributed by atoms with Crippen LogP contribution in [0.4, 0.5) is 0 Å². The maximum Gasteiger partial charge on any atom is 0.0541 e. The lowest BCUT2D eigenvalue weighted by Gasteiger charge is -2.10. The Morgan fingerprint density at radius 3 is 1.30 bits per heavy atom. The van der Waals surface area contributed by atoms with E-state index in [1.807, 2.05) is 0 Å². The third kappa shape index (κ3) is 4.48. The minimum absolute atomic E-state index is 1.17. The summed E-state index contributed by atoms with van der Waals surface area (Å²) in [6.07, 6.45) is 0. The van der Waals surface area contributed by atoms with Crippen LogP contribution in [-0.2, 0) is 0 Å². The maximum absolute atomic E-state index is 2.41. The van der Waals surface area contributed by atoms with Crippen LogP contribution in [0.5, 0.6) is 0 Å². The second-order valence-corrected chi connectivity index (χ2v) is 12.9. The van der Waals surface area contributed by atoms with E-state index in [4.69, 9.17) is 0 Å². The molecule has 9 aromatic rings. The molecule has 2 nitrogen and oxygen atoms in total. The summed E-state index contributed by atoms with van der Waals surface area (Å²) in [4.78, 5) is 0. The molecule has 0 amide bonds. The van der Waals surface area contributed by atoms with E-state index in [9.17, 15) is 0 Å². The van der Waals surface area contributed by atoms with E-state index in [2.05, 4.69) is 182 Å². The first-order chi connectivity index (χ1) is 23.0. The van der Waals surface area contributed by atoms with Crippen LogP contribution in [0.15, 0.2) is 152 Å². The molecule has 0 N–H and O–H groups in total. The summed E-state index contributed by atoms with van der Waals surface area (Å²) < 4.78 is 4.81. The largest absolute Gasteiger partial charge is 0.309 e. The number of benzene rings is 7. The zero-order valence-electron chi connectivity index (χ0n) is 26.8. The van der Waals surface area contributed by atoms with Crippen molar-refractivity contribution in [1.29, 1.82) is 0 Å². The van der Waals surface area contributed by atoms with Gasteiger partial charge in [0.1, 0.15) is 0 Å². The molecule has 0 atom stereocenters. The van der Waals surface area contributed by atoms with Gasteiger partial charge in [-0.05, 0) is 121 Å². The van der Waals surface area contributed by atoms with Crippen LogP contribution in [0.1, 0.15) is 16.7 Å².